The summed E-state index contributed by atoms with van der Waals surface area (Å²) in [7, 11) is 0. The lowest BCUT2D eigenvalue weighted by Gasteiger charge is -2.39. The zero-order valence-electron chi connectivity index (χ0n) is 11.2. The van der Waals surface area contributed by atoms with Gasteiger partial charge in [0.1, 0.15) is 0 Å². The maximum absolute atomic E-state index is 12.2. The average Bonchev–Trinajstić information content (AvgIpc) is 2.87. The van der Waals surface area contributed by atoms with Gasteiger partial charge in [-0.15, -0.1) is 0 Å². The van der Waals surface area contributed by atoms with Crippen molar-refractivity contribution in [1.29, 1.82) is 0 Å². The van der Waals surface area contributed by atoms with E-state index in [9.17, 15) is 9.59 Å². The highest BCUT2D eigenvalue weighted by Crippen LogP contribution is 2.17. The molecule has 1 N–H and O–H groups in total. The van der Waals surface area contributed by atoms with Crippen LogP contribution in [-0.2, 0) is 14.4 Å². The van der Waals surface area contributed by atoms with Gasteiger partial charge >= 0.3 is 5.97 Å². The van der Waals surface area contributed by atoms with Crippen LogP contribution in [0, 0.1) is 0 Å². The predicted octanol–water partition coefficient (Wildman–Crippen LogP) is -0.231. The van der Waals surface area contributed by atoms with Crippen LogP contribution >= 0.6 is 0 Å². The Kier molecular flexibility index (Phi) is 4.04. The molecule has 19 heavy (non-hydrogen) atoms. The highest BCUT2D eigenvalue weighted by atomic mass is 16.6. The van der Waals surface area contributed by atoms with Crippen molar-refractivity contribution in [1.82, 2.24) is 9.80 Å². The predicted molar refractivity (Wildman–Crippen MR) is 67.8 cm³/mol. The van der Waals surface area contributed by atoms with Crippen molar-refractivity contribution in [2.24, 2.45) is 5.16 Å². The second-order valence-electron chi connectivity index (χ2n) is 4.90. The molecular weight excluding hydrogens is 250 g/mol. The van der Waals surface area contributed by atoms with Crippen LogP contribution < -0.4 is 0 Å². The average molecular weight is 269 g/mol. The van der Waals surface area contributed by atoms with Gasteiger partial charge in [0.2, 0.25) is 6.10 Å². The first-order valence-electron chi connectivity index (χ1n) is 6.51. The molecule has 0 aromatic carbocycles. The third kappa shape index (κ3) is 2.86. The van der Waals surface area contributed by atoms with Gasteiger partial charge in [0.25, 0.3) is 5.91 Å². The largest absolute Gasteiger partial charge is 0.477 e. The summed E-state index contributed by atoms with van der Waals surface area (Å²) in [5.41, 5.74) is -0.0846. The van der Waals surface area contributed by atoms with Gasteiger partial charge in [0, 0.05) is 32.1 Å². The number of hydrogen-bond acceptors (Lipinski definition) is 5. The summed E-state index contributed by atoms with van der Waals surface area (Å²) >= 11 is 0. The minimum absolute atomic E-state index is 0.0521. The number of carbonyl (C=O) groups excluding carboxylic acids is 1. The minimum Gasteiger partial charge on any atom is -0.477 e. The van der Waals surface area contributed by atoms with Gasteiger partial charge in [-0.2, -0.15) is 0 Å². The van der Waals surface area contributed by atoms with Crippen molar-refractivity contribution < 1.29 is 19.5 Å². The lowest BCUT2D eigenvalue weighted by molar-refractivity contribution is -0.144. The van der Waals surface area contributed by atoms with Crippen LogP contribution in [0.15, 0.2) is 5.16 Å². The molecule has 2 aliphatic rings. The van der Waals surface area contributed by atoms with E-state index in [-0.39, 0.29) is 18.0 Å². The van der Waals surface area contributed by atoms with Gasteiger partial charge in [-0.1, -0.05) is 12.1 Å². The third-order valence-electron chi connectivity index (χ3n) is 3.67. The summed E-state index contributed by atoms with van der Waals surface area (Å²) in [6, 6.07) is 0.309. The topological polar surface area (TPSA) is 82.4 Å². The number of aliphatic carboxylic acids is 1. The molecule has 2 aliphatic heterocycles. The van der Waals surface area contributed by atoms with E-state index in [0.29, 0.717) is 19.1 Å². The Hall–Kier alpha value is -1.63. The number of oxime groups is 1. The molecule has 2 heterocycles. The van der Waals surface area contributed by atoms with Crippen LogP contribution in [0.5, 0.6) is 0 Å². The number of carboxylic acids is 1. The summed E-state index contributed by atoms with van der Waals surface area (Å²) in [6.07, 6.45) is -0.720. The van der Waals surface area contributed by atoms with E-state index in [1.807, 2.05) is 0 Å². The molecule has 0 radical (unpaired) electrons. The molecule has 1 amide bonds. The van der Waals surface area contributed by atoms with E-state index < -0.39 is 12.1 Å². The summed E-state index contributed by atoms with van der Waals surface area (Å²) in [5, 5.41) is 12.2. The van der Waals surface area contributed by atoms with Crippen LogP contribution in [-0.4, -0.2) is 70.8 Å². The Balaban J connectivity index is 1.90. The fourth-order valence-electron chi connectivity index (χ4n) is 2.50. The maximum atomic E-state index is 12.2. The lowest BCUT2D eigenvalue weighted by atomic mass is 10.1. The number of hydrogen-bond donors (Lipinski definition) is 1. The molecule has 2 rings (SSSR count). The second-order valence-corrected chi connectivity index (χ2v) is 4.90. The van der Waals surface area contributed by atoms with Gasteiger partial charge < -0.3 is 14.8 Å². The number of amides is 1. The molecule has 0 aromatic heterocycles. The van der Waals surface area contributed by atoms with Crippen LogP contribution in [0.4, 0.5) is 0 Å². The van der Waals surface area contributed by atoms with E-state index in [1.165, 1.54) is 0 Å². The van der Waals surface area contributed by atoms with Crippen LogP contribution in [0.2, 0.25) is 0 Å². The monoisotopic (exact) mass is 269 g/mol. The molecule has 2 atom stereocenters. The van der Waals surface area contributed by atoms with E-state index in [1.54, 1.807) is 4.90 Å². The number of nitrogens with zero attached hydrogens (tertiary/aromatic N) is 3. The van der Waals surface area contributed by atoms with Gasteiger partial charge in [0.15, 0.2) is 5.71 Å². The Morgan fingerprint density at radius 1 is 1.47 bits per heavy atom. The SMILES string of the molecule is CCN1CCN(C(=O)C2CC(C(=O)O)=NO2)CC1C. The number of carboxylic acid groups (broad SMARTS) is 1. The summed E-state index contributed by atoms with van der Waals surface area (Å²) in [6.45, 7) is 7.28. The first kappa shape index (κ1) is 13.8. The fraction of sp³-hybridized carbons (Fsp3) is 0.750. The molecule has 0 aliphatic carbocycles. The fourth-order valence-corrected chi connectivity index (χ4v) is 2.50. The quantitative estimate of drug-likeness (QED) is 0.765. The number of piperazine rings is 1. The maximum Gasteiger partial charge on any atom is 0.353 e. The Bertz CT molecular complexity index is 410. The smallest absolute Gasteiger partial charge is 0.353 e. The highest BCUT2D eigenvalue weighted by Gasteiger charge is 2.36. The molecule has 0 bridgehead atoms. The van der Waals surface area contributed by atoms with Crippen molar-refractivity contribution in [3.05, 3.63) is 0 Å². The van der Waals surface area contributed by atoms with E-state index in [2.05, 4.69) is 23.9 Å². The minimum atomic E-state index is -1.13. The number of carbonyl (C=O) groups is 2. The van der Waals surface area contributed by atoms with Crippen molar-refractivity contribution in [3.63, 3.8) is 0 Å². The van der Waals surface area contributed by atoms with Crippen molar-refractivity contribution in [3.8, 4) is 0 Å². The summed E-state index contributed by atoms with van der Waals surface area (Å²) in [4.78, 5) is 31.9. The van der Waals surface area contributed by atoms with Crippen LogP contribution in [0.3, 0.4) is 0 Å². The first-order chi connectivity index (χ1) is 9.02. The van der Waals surface area contributed by atoms with E-state index in [0.717, 1.165) is 13.1 Å². The lowest BCUT2D eigenvalue weighted by Crippen LogP contribution is -2.55. The standard InChI is InChI=1S/C12H19N3O4/c1-3-14-4-5-15(7-8(14)2)11(16)10-6-9(12(17)18)13-19-10/h8,10H,3-7H2,1-2H3,(H,17,18). The first-order valence-corrected chi connectivity index (χ1v) is 6.51. The molecule has 1 fully saturated rings. The molecule has 2 unspecified atom stereocenters. The third-order valence-corrected chi connectivity index (χ3v) is 3.67. The molecular formula is C12H19N3O4. The molecule has 0 spiro atoms. The molecule has 7 heteroatoms. The molecule has 0 saturated carbocycles. The Labute approximate surface area is 111 Å². The normalized spacial score (nSPS) is 27.9. The van der Waals surface area contributed by atoms with Gasteiger partial charge in [-0.05, 0) is 13.5 Å². The van der Waals surface area contributed by atoms with E-state index >= 15 is 0 Å². The zero-order valence-corrected chi connectivity index (χ0v) is 11.2. The Morgan fingerprint density at radius 2 is 2.21 bits per heavy atom. The van der Waals surface area contributed by atoms with Crippen LogP contribution in [0.25, 0.3) is 0 Å². The van der Waals surface area contributed by atoms with Gasteiger partial charge in [-0.3, -0.25) is 9.69 Å². The summed E-state index contributed by atoms with van der Waals surface area (Å²) in [5.74, 6) is -1.29. The summed E-state index contributed by atoms with van der Waals surface area (Å²) < 4.78 is 0. The van der Waals surface area contributed by atoms with Crippen molar-refractivity contribution in [2.75, 3.05) is 26.2 Å². The zero-order chi connectivity index (χ0) is 14.0. The van der Waals surface area contributed by atoms with Crippen molar-refractivity contribution >= 4 is 17.6 Å². The number of likely N-dealkylation sites (N-methyl/N-ethyl adjacent to an activating group) is 1. The molecule has 7 nitrogen and oxygen atoms in total. The van der Waals surface area contributed by atoms with E-state index in [4.69, 9.17) is 9.94 Å². The van der Waals surface area contributed by atoms with Gasteiger partial charge in [0.05, 0.1) is 0 Å². The molecule has 0 aromatic rings. The molecule has 1 saturated heterocycles. The molecule has 106 valence electrons. The van der Waals surface area contributed by atoms with Crippen LogP contribution in [0.1, 0.15) is 20.3 Å². The number of rotatable bonds is 3. The highest BCUT2D eigenvalue weighted by molar-refractivity contribution is 6.36. The van der Waals surface area contributed by atoms with Crippen molar-refractivity contribution in [2.45, 2.75) is 32.4 Å². The van der Waals surface area contributed by atoms with Gasteiger partial charge in [-0.25, -0.2) is 4.79 Å². The Morgan fingerprint density at radius 3 is 2.74 bits per heavy atom. The second kappa shape index (κ2) is 5.56.